The van der Waals surface area contributed by atoms with Crippen LogP contribution >= 0.6 is 27.7 Å². The number of carbonyl (C=O) groups is 1. The summed E-state index contributed by atoms with van der Waals surface area (Å²) in [7, 11) is 0. The van der Waals surface area contributed by atoms with Gasteiger partial charge in [0, 0.05) is 16.3 Å². The molecule has 1 rings (SSSR count). The van der Waals surface area contributed by atoms with Crippen molar-refractivity contribution in [2.75, 3.05) is 17.3 Å². The van der Waals surface area contributed by atoms with E-state index in [1.807, 2.05) is 12.3 Å². The Morgan fingerprint density at radius 1 is 1.59 bits per heavy atom. The summed E-state index contributed by atoms with van der Waals surface area (Å²) in [5, 5.41) is 12.5. The lowest BCUT2D eigenvalue weighted by Crippen LogP contribution is -2.22. The number of benzene rings is 1. The van der Waals surface area contributed by atoms with Gasteiger partial charge in [0.05, 0.1) is 11.3 Å². The molecule has 0 heterocycles. The van der Waals surface area contributed by atoms with E-state index in [4.69, 9.17) is 0 Å². The van der Waals surface area contributed by atoms with Crippen LogP contribution in [-0.2, 0) is 0 Å². The number of halogens is 1. The number of carboxylic acid groups (broad SMARTS) is 1. The van der Waals surface area contributed by atoms with Crippen LogP contribution in [0, 0.1) is 0 Å². The van der Waals surface area contributed by atoms with Crippen LogP contribution in [-0.4, -0.2) is 29.1 Å². The molecule has 1 unspecified atom stereocenters. The van der Waals surface area contributed by atoms with Crippen LogP contribution in [0.15, 0.2) is 22.7 Å². The minimum Gasteiger partial charge on any atom is -0.478 e. The Bertz CT molecular complexity index is 398. The predicted octanol–water partition coefficient (Wildman–Crippen LogP) is 3.70. The van der Waals surface area contributed by atoms with Gasteiger partial charge in [-0.2, -0.15) is 11.8 Å². The van der Waals surface area contributed by atoms with Gasteiger partial charge in [-0.25, -0.2) is 4.79 Å². The van der Waals surface area contributed by atoms with Crippen LogP contribution in [0.25, 0.3) is 0 Å². The number of hydrogen-bond donors (Lipinski definition) is 2. The molecular weight excluding hydrogens is 302 g/mol. The molecular formula is C12H16BrNO2S. The predicted molar refractivity (Wildman–Crippen MR) is 77.2 cm³/mol. The second kappa shape index (κ2) is 6.91. The lowest BCUT2D eigenvalue weighted by atomic mass is 10.1. The number of aromatic carboxylic acids is 1. The standard InChI is InChI=1S/C12H16BrNO2S/c1-3-8(7-17-2)14-10-6-4-5-9(13)11(10)12(15)16/h4-6,8,14H,3,7H2,1-2H3,(H,15,16). The minimum absolute atomic E-state index is 0.289. The van der Waals surface area contributed by atoms with Crippen molar-refractivity contribution in [1.82, 2.24) is 0 Å². The van der Waals surface area contributed by atoms with Gasteiger partial charge >= 0.3 is 5.97 Å². The average molecular weight is 318 g/mol. The Morgan fingerprint density at radius 3 is 2.82 bits per heavy atom. The highest BCUT2D eigenvalue weighted by Crippen LogP contribution is 2.26. The summed E-state index contributed by atoms with van der Waals surface area (Å²) < 4.78 is 0.606. The van der Waals surface area contributed by atoms with Gasteiger partial charge in [0.1, 0.15) is 0 Å². The van der Waals surface area contributed by atoms with Crippen LogP contribution in [0.3, 0.4) is 0 Å². The van der Waals surface area contributed by atoms with Crippen LogP contribution in [0.4, 0.5) is 5.69 Å². The number of thioether (sulfide) groups is 1. The van der Waals surface area contributed by atoms with Gasteiger partial charge in [0.2, 0.25) is 0 Å². The fraction of sp³-hybridized carbons (Fsp3) is 0.417. The smallest absolute Gasteiger partial charge is 0.338 e. The Kier molecular flexibility index (Phi) is 5.85. The molecule has 1 aromatic rings. The molecule has 0 radical (unpaired) electrons. The fourth-order valence-electron chi connectivity index (χ4n) is 1.54. The maximum atomic E-state index is 11.2. The Hall–Kier alpha value is -0.680. The highest BCUT2D eigenvalue weighted by molar-refractivity contribution is 9.10. The SMILES string of the molecule is CCC(CSC)Nc1cccc(Br)c1C(=O)O. The van der Waals surface area contributed by atoms with E-state index in [-0.39, 0.29) is 6.04 Å². The minimum atomic E-state index is -0.918. The molecule has 3 nitrogen and oxygen atoms in total. The molecule has 0 bridgehead atoms. The summed E-state index contributed by atoms with van der Waals surface area (Å²) in [4.78, 5) is 11.2. The zero-order valence-corrected chi connectivity index (χ0v) is 12.3. The van der Waals surface area contributed by atoms with Gasteiger partial charge in [0.25, 0.3) is 0 Å². The molecule has 5 heteroatoms. The fourth-order valence-corrected chi connectivity index (χ4v) is 2.80. The number of carboxylic acids is 1. The van der Waals surface area contributed by atoms with Crippen molar-refractivity contribution < 1.29 is 9.90 Å². The third-order valence-electron chi connectivity index (χ3n) is 2.45. The topological polar surface area (TPSA) is 49.3 Å². The van der Waals surface area contributed by atoms with E-state index in [1.165, 1.54) is 0 Å². The van der Waals surface area contributed by atoms with Crippen LogP contribution in [0.1, 0.15) is 23.7 Å². The molecule has 1 atom stereocenters. The third kappa shape index (κ3) is 3.92. The molecule has 2 N–H and O–H groups in total. The van der Waals surface area contributed by atoms with E-state index in [1.54, 1.807) is 23.9 Å². The lowest BCUT2D eigenvalue weighted by Gasteiger charge is -2.19. The van der Waals surface area contributed by atoms with Crippen LogP contribution in [0.2, 0.25) is 0 Å². The number of anilines is 1. The van der Waals surface area contributed by atoms with Gasteiger partial charge in [-0.15, -0.1) is 0 Å². The molecule has 0 aliphatic rings. The molecule has 0 saturated heterocycles. The molecule has 0 spiro atoms. The first-order valence-corrected chi connectivity index (χ1v) is 7.56. The van der Waals surface area contributed by atoms with Crippen LogP contribution < -0.4 is 5.32 Å². The van der Waals surface area contributed by atoms with Crippen molar-refractivity contribution >= 4 is 39.3 Å². The summed E-state index contributed by atoms with van der Waals surface area (Å²) >= 11 is 5.02. The molecule has 17 heavy (non-hydrogen) atoms. The van der Waals surface area contributed by atoms with E-state index >= 15 is 0 Å². The first kappa shape index (κ1) is 14.4. The molecule has 0 aliphatic heterocycles. The van der Waals surface area contributed by atoms with Gasteiger partial charge in [0.15, 0.2) is 0 Å². The monoisotopic (exact) mass is 317 g/mol. The zero-order chi connectivity index (χ0) is 12.8. The lowest BCUT2D eigenvalue weighted by molar-refractivity contribution is 0.0697. The number of rotatable bonds is 6. The Balaban J connectivity index is 2.97. The number of nitrogens with one attached hydrogen (secondary N) is 1. The van der Waals surface area contributed by atoms with E-state index in [0.29, 0.717) is 15.7 Å². The van der Waals surface area contributed by atoms with Crippen molar-refractivity contribution in [2.45, 2.75) is 19.4 Å². The second-order valence-corrected chi connectivity index (χ2v) is 5.44. The van der Waals surface area contributed by atoms with Crippen molar-refractivity contribution in [3.63, 3.8) is 0 Å². The van der Waals surface area contributed by atoms with Crippen molar-refractivity contribution in [1.29, 1.82) is 0 Å². The molecule has 0 saturated carbocycles. The maximum Gasteiger partial charge on any atom is 0.338 e. The molecule has 1 aromatic carbocycles. The summed E-state index contributed by atoms with van der Waals surface area (Å²) in [6, 6.07) is 5.67. The Morgan fingerprint density at radius 2 is 2.29 bits per heavy atom. The highest BCUT2D eigenvalue weighted by Gasteiger charge is 2.16. The Labute approximate surface area is 114 Å². The van der Waals surface area contributed by atoms with Crippen molar-refractivity contribution in [2.24, 2.45) is 0 Å². The van der Waals surface area contributed by atoms with Crippen LogP contribution in [0.5, 0.6) is 0 Å². The molecule has 0 aromatic heterocycles. The van der Waals surface area contributed by atoms with E-state index in [2.05, 4.69) is 28.2 Å². The normalized spacial score (nSPS) is 12.2. The van der Waals surface area contributed by atoms with Gasteiger partial charge in [-0.3, -0.25) is 0 Å². The van der Waals surface area contributed by atoms with E-state index in [0.717, 1.165) is 12.2 Å². The quantitative estimate of drug-likeness (QED) is 0.840. The zero-order valence-electron chi connectivity index (χ0n) is 9.87. The van der Waals surface area contributed by atoms with Gasteiger partial charge in [-0.05, 0) is 40.7 Å². The van der Waals surface area contributed by atoms with Crippen molar-refractivity contribution in [3.05, 3.63) is 28.2 Å². The third-order valence-corrected chi connectivity index (χ3v) is 3.84. The second-order valence-electron chi connectivity index (χ2n) is 3.67. The van der Waals surface area contributed by atoms with Gasteiger partial charge < -0.3 is 10.4 Å². The summed E-state index contributed by atoms with van der Waals surface area (Å²) in [6.07, 6.45) is 3.01. The van der Waals surface area contributed by atoms with E-state index in [9.17, 15) is 9.90 Å². The van der Waals surface area contributed by atoms with E-state index < -0.39 is 5.97 Å². The first-order chi connectivity index (χ1) is 8.10. The maximum absolute atomic E-state index is 11.2. The summed E-state index contributed by atoms with van der Waals surface area (Å²) in [6.45, 7) is 2.09. The number of hydrogen-bond acceptors (Lipinski definition) is 3. The molecule has 0 aliphatic carbocycles. The highest BCUT2D eigenvalue weighted by atomic mass is 79.9. The largest absolute Gasteiger partial charge is 0.478 e. The molecule has 0 fully saturated rings. The summed E-state index contributed by atoms with van der Waals surface area (Å²) in [5.41, 5.74) is 0.972. The van der Waals surface area contributed by atoms with Crippen molar-refractivity contribution in [3.8, 4) is 0 Å². The average Bonchev–Trinajstić information content (AvgIpc) is 2.28. The molecule has 94 valence electrons. The first-order valence-electron chi connectivity index (χ1n) is 5.37. The molecule has 0 amide bonds. The summed E-state index contributed by atoms with van der Waals surface area (Å²) in [5.74, 6) is 0.0428. The van der Waals surface area contributed by atoms with Gasteiger partial charge in [-0.1, -0.05) is 13.0 Å².